The van der Waals surface area contributed by atoms with Crippen LogP contribution < -0.4 is 5.32 Å². The van der Waals surface area contributed by atoms with Crippen LogP contribution in [-0.2, 0) is 9.59 Å². The van der Waals surface area contributed by atoms with Crippen LogP contribution in [0.5, 0.6) is 0 Å². The molecule has 19 heavy (non-hydrogen) atoms. The van der Waals surface area contributed by atoms with Crippen LogP contribution in [-0.4, -0.2) is 65.5 Å². The molecule has 0 bridgehead atoms. The number of hydrogen-bond acceptors (Lipinski definition) is 3. The van der Waals surface area contributed by atoms with Gasteiger partial charge in [0.2, 0.25) is 5.91 Å². The molecule has 0 aliphatic carbocycles. The van der Waals surface area contributed by atoms with E-state index in [1.165, 1.54) is 4.90 Å². The summed E-state index contributed by atoms with van der Waals surface area (Å²) in [6.07, 6.45) is 1.77. The summed E-state index contributed by atoms with van der Waals surface area (Å²) < 4.78 is 0. The van der Waals surface area contributed by atoms with Crippen molar-refractivity contribution in [2.24, 2.45) is 5.92 Å². The van der Waals surface area contributed by atoms with E-state index >= 15 is 0 Å². The summed E-state index contributed by atoms with van der Waals surface area (Å²) in [6.45, 7) is 2.22. The lowest BCUT2D eigenvalue weighted by Crippen LogP contribution is -2.55. The zero-order valence-corrected chi connectivity index (χ0v) is 10.8. The first-order valence-corrected chi connectivity index (χ1v) is 6.58. The van der Waals surface area contributed by atoms with E-state index in [0.29, 0.717) is 26.2 Å². The van der Waals surface area contributed by atoms with Gasteiger partial charge in [-0.05, 0) is 18.8 Å². The molecule has 0 saturated carbocycles. The molecule has 0 radical (unpaired) electrons. The smallest absolute Gasteiger partial charge is 0.320 e. The Morgan fingerprint density at radius 2 is 2.11 bits per heavy atom. The van der Waals surface area contributed by atoms with Crippen LogP contribution in [0.3, 0.4) is 0 Å². The number of hydrogen-bond donors (Lipinski definition) is 2. The minimum atomic E-state index is -0.823. The van der Waals surface area contributed by atoms with Gasteiger partial charge in [-0.3, -0.25) is 9.59 Å². The van der Waals surface area contributed by atoms with Crippen LogP contribution in [0, 0.1) is 5.92 Å². The van der Waals surface area contributed by atoms with Crippen molar-refractivity contribution in [2.45, 2.75) is 19.3 Å². The molecular weight excluding hydrogens is 250 g/mol. The number of likely N-dealkylation sites (tertiary alicyclic amines) is 1. The zero-order valence-electron chi connectivity index (χ0n) is 10.8. The van der Waals surface area contributed by atoms with Crippen LogP contribution in [0.4, 0.5) is 4.79 Å². The Morgan fingerprint density at radius 1 is 1.32 bits per heavy atom. The molecule has 3 amide bonds. The molecule has 7 heteroatoms. The lowest BCUT2D eigenvalue weighted by atomic mass is 9.95. The third kappa shape index (κ3) is 3.59. The second kappa shape index (κ2) is 5.90. The molecule has 0 aromatic rings. The van der Waals surface area contributed by atoms with Gasteiger partial charge < -0.3 is 20.2 Å². The molecular formula is C12H19N3O4. The number of piperidine rings is 1. The fourth-order valence-corrected chi connectivity index (χ4v) is 2.65. The van der Waals surface area contributed by atoms with Crippen molar-refractivity contribution in [2.75, 3.05) is 32.7 Å². The molecule has 1 atom stereocenters. The molecule has 2 aliphatic rings. The third-order valence-corrected chi connectivity index (χ3v) is 3.56. The molecule has 2 fully saturated rings. The lowest BCUT2D eigenvalue weighted by molar-refractivity contribution is -0.138. The number of rotatable bonds is 2. The summed E-state index contributed by atoms with van der Waals surface area (Å²) in [4.78, 5) is 37.5. The molecule has 2 aliphatic heterocycles. The van der Waals surface area contributed by atoms with Gasteiger partial charge in [0.25, 0.3) is 0 Å². The lowest BCUT2D eigenvalue weighted by Gasteiger charge is -2.37. The summed E-state index contributed by atoms with van der Waals surface area (Å²) >= 11 is 0. The predicted octanol–water partition coefficient (Wildman–Crippen LogP) is -0.275. The number of nitrogens with one attached hydrogen (secondary N) is 1. The highest BCUT2D eigenvalue weighted by molar-refractivity contribution is 5.85. The quantitative estimate of drug-likeness (QED) is 0.721. The standard InChI is InChI=1S/C12H19N3O4/c16-10-8-15(5-3-13-10)12(19)14-4-1-2-9(7-14)6-11(17)18/h9H,1-8H2,(H,13,16)(H,17,18). The van der Waals surface area contributed by atoms with Crippen molar-refractivity contribution in [3.63, 3.8) is 0 Å². The topological polar surface area (TPSA) is 89.9 Å². The van der Waals surface area contributed by atoms with E-state index in [2.05, 4.69) is 5.32 Å². The van der Waals surface area contributed by atoms with Crippen LogP contribution in [0.15, 0.2) is 0 Å². The molecule has 0 spiro atoms. The molecule has 2 heterocycles. The van der Waals surface area contributed by atoms with Crippen LogP contribution >= 0.6 is 0 Å². The van der Waals surface area contributed by atoms with E-state index in [4.69, 9.17) is 5.11 Å². The van der Waals surface area contributed by atoms with Gasteiger partial charge in [-0.25, -0.2) is 4.79 Å². The number of carbonyl (C=O) groups excluding carboxylic acids is 2. The Balaban J connectivity index is 1.91. The summed E-state index contributed by atoms with van der Waals surface area (Å²) in [7, 11) is 0. The van der Waals surface area contributed by atoms with Gasteiger partial charge in [-0.1, -0.05) is 0 Å². The molecule has 2 N–H and O–H groups in total. The highest BCUT2D eigenvalue weighted by Crippen LogP contribution is 2.20. The molecule has 2 rings (SSSR count). The number of carbonyl (C=O) groups is 3. The second-order valence-electron chi connectivity index (χ2n) is 5.11. The number of carboxylic acids is 1. The summed E-state index contributed by atoms with van der Waals surface area (Å²) in [5.41, 5.74) is 0. The highest BCUT2D eigenvalue weighted by Gasteiger charge is 2.30. The number of aliphatic carboxylic acids is 1. The Kier molecular flexibility index (Phi) is 4.24. The summed E-state index contributed by atoms with van der Waals surface area (Å²) in [6, 6.07) is -0.148. The van der Waals surface area contributed by atoms with E-state index in [1.54, 1.807) is 4.90 Å². The zero-order chi connectivity index (χ0) is 13.8. The van der Waals surface area contributed by atoms with Crippen molar-refractivity contribution in [3.8, 4) is 0 Å². The first-order valence-electron chi connectivity index (χ1n) is 6.58. The summed E-state index contributed by atoms with van der Waals surface area (Å²) in [5.74, 6) is -0.941. The molecule has 0 aromatic carbocycles. The minimum Gasteiger partial charge on any atom is -0.481 e. The molecule has 0 aromatic heterocycles. The normalized spacial score (nSPS) is 24.0. The maximum Gasteiger partial charge on any atom is 0.320 e. The number of amides is 3. The Bertz CT molecular complexity index is 385. The van der Waals surface area contributed by atoms with Crippen molar-refractivity contribution in [1.29, 1.82) is 0 Å². The van der Waals surface area contributed by atoms with Crippen molar-refractivity contribution < 1.29 is 19.5 Å². The van der Waals surface area contributed by atoms with E-state index in [9.17, 15) is 14.4 Å². The largest absolute Gasteiger partial charge is 0.481 e. The van der Waals surface area contributed by atoms with Gasteiger partial charge in [0.15, 0.2) is 0 Å². The van der Waals surface area contributed by atoms with Crippen molar-refractivity contribution in [1.82, 2.24) is 15.1 Å². The van der Waals surface area contributed by atoms with E-state index in [1.807, 2.05) is 0 Å². The van der Waals surface area contributed by atoms with Crippen LogP contribution in [0.25, 0.3) is 0 Å². The maximum atomic E-state index is 12.3. The fourth-order valence-electron chi connectivity index (χ4n) is 2.65. The number of piperazine rings is 1. The second-order valence-corrected chi connectivity index (χ2v) is 5.11. The molecule has 1 unspecified atom stereocenters. The first-order chi connectivity index (χ1) is 9.06. The SMILES string of the molecule is O=C(O)CC1CCCN(C(=O)N2CCNC(=O)C2)C1. The van der Waals surface area contributed by atoms with Gasteiger partial charge in [0, 0.05) is 32.6 Å². The average molecular weight is 269 g/mol. The number of nitrogens with zero attached hydrogens (tertiary/aromatic N) is 2. The van der Waals surface area contributed by atoms with Crippen molar-refractivity contribution in [3.05, 3.63) is 0 Å². The van der Waals surface area contributed by atoms with E-state index < -0.39 is 5.97 Å². The average Bonchev–Trinajstić information content (AvgIpc) is 2.37. The Labute approximate surface area is 111 Å². The van der Waals surface area contributed by atoms with Gasteiger partial charge >= 0.3 is 12.0 Å². The first kappa shape index (κ1) is 13.6. The molecule has 2 saturated heterocycles. The predicted molar refractivity (Wildman–Crippen MR) is 66.5 cm³/mol. The van der Waals surface area contributed by atoms with Crippen LogP contribution in [0.1, 0.15) is 19.3 Å². The van der Waals surface area contributed by atoms with Gasteiger partial charge in [0.05, 0.1) is 0 Å². The van der Waals surface area contributed by atoms with Gasteiger partial charge in [0.1, 0.15) is 6.54 Å². The molecule has 106 valence electrons. The fraction of sp³-hybridized carbons (Fsp3) is 0.750. The third-order valence-electron chi connectivity index (χ3n) is 3.56. The van der Waals surface area contributed by atoms with Crippen molar-refractivity contribution >= 4 is 17.9 Å². The monoisotopic (exact) mass is 269 g/mol. The van der Waals surface area contributed by atoms with E-state index in [0.717, 1.165) is 12.8 Å². The minimum absolute atomic E-state index is 0.0221. The summed E-state index contributed by atoms with van der Waals surface area (Å²) in [5, 5.41) is 11.5. The Morgan fingerprint density at radius 3 is 2.79 bits per heavy atom. The number of carboxylic acid groups (broad SMARTS) is 1. The highest BCUT2D eigenvalue weighted by atomic mass is 16.4. The number of urea groups is 1. The molecule has 7 nitrogen and oxygen atoms in total. The maximum absolute atomic E-state index is 12.3. The van der Waals surface area contributed by atoms with Gasteiger partial charge in [-0.2, -0.15) is 0 Å². The Hall–Kier alpha value is -1.79. The van der Waals surface area contributed by atoms with E-state index in [-0.39, 0.29) is 30.8 Å². The van der Waals surface area contributed by atoms with Gasteiger partial charge in [-0.15, -0.1) is 0 Å². The van der Waals surface area contributed by atoms with Crippen LogP contribution in [0.2, 0.25) is 0 Å².